The van der Waals surface area contributed by atoms with E-state index in [1.165, 1.54) is 6.07 Å². The molecule has 1 aromatic carbocycles. The lowest BCUT2D eigenvalue weighted by molar-refractivity contribution is 0.441. The van der Waals surface area contributed by atoms with Crippen molar-refractivity contribution in [1.29, 1.82) is 0 Å². The summed E-state index contributed by atoms with van der Waals surface area (Å²) in [6.45, 7) is -0.487. The SMILES string of the molecule is N[C@@H](CCF)c1ccc(Br)c(F)c1. The van der Waals surface area contributed by atoms with Crippen molar-refractivity contribution in [3.05, 3.63) is 34.1 Å². The molecule has 2 N–H and O–H groups in total. The lowest BCUT2D eigenvalue weighted by Gasteiger charge is -2.09. The summed E-state index contributed by atoms with van der Waals surface area (Å²) in [5, 5.41) is 0. The number of alkyl halides is 1. The van der Waals surface area contributed by atoms with Gasteiger partial charge < -0.3 is 5.73 Å². The Labute approximate surface area is 84.1 Å². The molecule has 0 radical (unpaired) electrons. The molecule has 0 fully saturated rings. The molecule has 0 aliphatic heterocycles. The number of benzene rings is 1. The van der Waals surface area contributed by atoms with Crippen LogP contribution < -0.4 is 5.73 Å². The molecule has 1 atom stereocenters. The molecule has 0 unspecified atom stereocenters. The summed E-state index contributed by atoms with van der Waals surface area (Å²) < 4.78 is 25.3. The van der Waals surface area contributed by atoms with E-state index in [1.807, 2.05) is 0 Å². The van der Waals surface area contributed by atoms with Crippen LogP contribution in [0.15, 0.2) is 22.7 Å². The molecule has 72 valence electrons. The normalized spacial score (nSPS) is 12.9. The van der Waals surface area contributed by atoms with Crippen molar-refractivity contribution >= 4 is 15.9 Å². The monoisotopic (exact) mass is 249 g/mol. The van der Waals surface area contributed by atoms with E-state index in [2.05, 4.69) is 15.9 Å². The summed E-state index contributed by atoms with van der Waals surface area (Å²) in [6.07, 6.45) is 0.223. The van der Waals surface area contributed by atoms with Gasteiger partial charge in [-0.2, -0.15) is 0 Å². The van der Waals surface area contributed by atoms with E-state index in [0.29, 0.717) is 10.0 Å². The topological polar surface area (TPSA) is 26.0 Å². The summed E-state index contributed by atoms with van der Waals surface area (Å²) in [7, 11) is 0. The van der Waals surface area contributed by atoms with E-state index < -0.39 is 12.7 Å². The molecule has 0 heterocycles. The van der Waals surface area contributed by atoms with Crippen molar-refractivity contribution < 1.29 is 8.78 Å². The van der Waals surface area contributed by atoms with Gasteiger partial charge in [0.2, 0.25) is 0 Å². The third kappa shape index (κ3) is 2.74. The fraction of sp³-hybridized carbons (Fsp3) is 0.333. The standard InChI is InChI=1S/C9H10BrF2N/c10-7-2-1-6(5-8(7)12)9(13)3-4-11/h1-2,5,9H,3-4,13H2/t9-/m0/s1. The van der Waals surface area contributed by atoms with Crippen LogP contribution in [-0.2, 0) is 0 Å². The van der Waals surface area contributed by atoms with E-state index in [1.54, 1.807) is 12.1 Å². The van der Waals surface area contributed by atoms with Gasteiger partial charge in [0.1, 0.15) is 5.82 Å². The first-order valence-corrected chi connectivity index (χ1v) is 4.71. The molecule has 13 heavy (non-hydrogen) atoms. The number of hydrogen-bond acceptors (Lipinski definition) is 1. The second-order valence-corrected chi connectivity index (χ2v) is 3.61. The maximum Gasteiger partial charge on any atom is 0.137 e. The van der Waals surface area contributed by atoms with Crippen molar-refractivity contribution in [2.75, 3.05) is 6.67 Å². The Morgan fingerprint density at radius 3 is 2.69 bits per heavy atom. The second kappa shape index (κ2) is 4.67. The molecule has 0 saturated heterocycles. The van der Waals surface area contributed by atoms with Crippen molar-refractivity contribution in [2.45, 2.75) is 12.5 Å². The minimum atomic E-state index is -0.487. The smallest absolute Gasteiger partial charge is 0.137 e. The first-order valence-electron chi connectivity index (χ1n) is 3.91. The van der Waals surface area contributed by atoms with Gasteiger partial charge in [-0.05, 0) is 40.0 Å². The number of hydrogen-bond donors (Lipinski definition) is 1. The first kappa shape index (κ1) is 10.6. The molecule has 4 heteroatoms. The molecule has 0 bridgehead atoms. The molecule has 0 aliphatic carbocycles. The highest BCUT2D eigenvalue weighted by Gasteiger charge is 2.07. The maximum atomic E-state index is 13.0. The molecule has 0 aliphatic rings. The summed E-state index contributed by atoms with van der Waals surface area (Å²) >= 11 is 3.03. The van der Waals surface area contributed by atoms with E-state index in [9.17, 15) is 8.78 Å². The number of nitrogens with two attached hydrogens (primary N) is 1. The minimum Gasteiger partial charge on any atom is -0.324 e. The highest BCUT2D eigenvalue weighted by molar-refractivity contribution is 9.10. The molecule has 0 aromatic heterocycles. The van der Waals surface area contributed by atoms with Crippen LogP contribution in [0.1, 0.15) is 18.0 Å². The van der Waals surface area contributed by atoms with Gasteiger partial charge in [0.05, 0.1) is 11.1 Å². The van der Waals surface area contributed by atoms with Gasteiger partial charge in [0.25, 0.3) is 0 Å². The molecule has 0 spiro atoms. The summed E-state index contributed by atoms with van der Waals surface area (Å²) in [5.41, 5.74) is 6.23. The van der Waals surface area contributed by atoms with Gasteiger partial charge in [0, 0.05) is 6.04 Å². The van der Waals surface area contributed by atoms with Crippen LogP contribution in [-0.4, -0.2) is 6.67 Å². The molecule has 0 amide bonds. The van der Waals surface area contributed by atoms with Gasteiger partial charge in [-0.25, -0.2) is 4.39 Å². The summed E-state index contributed by atoms with van der Waals surface area (Å²) in [5.74, 6) is -0.369. The van der Waals surface area contributed by atoms with Gasteiger partial charge >= 0.3 is 0 Å². The molecule has 1 nitrogen and oxygen atoms in total. The maximum absolute atomic E-state index is 13.0. The zero-order valence-corrected chi connectivity index (χ0v) is 8.52. The van der Waals surface area contributed by atoms with Crippen molar-refractivity contribution in [3.63, 3.8) is 0 Å². The van der Waals surface area contributed by atoms with E-state index in [-0.39, 0.29) is 12.2 Å². The van der Waals surface area contributed by atoms with Crippen LogP contribution in [0, 0.1) is 5.82 Å². The van der Waals surface area contributed by atoms with Crippen LogP contribution in [0.3, 0.4) is 0 Å². The Morgan fingerprint density at radius 2 is 2.15 bits per heavy atom. The average Bonchev–Trinajstić information content (AvgIpc) is 2.10. The molecular formula is C9H10BrF2N. The van der Waals surface area contributed by atoms with E-state index in [0.717, 1.165) is 0 Å². The molecule has 0 saturated carbocycles. The highest BCUT2D eigenvalue weighted by atomic mass is 79.9. The summed E-state index contributed by atoms with van der Waals surface area (Å²) in [6, 6.07) is 4.16. The van der Waals surface area contributed by atoms with Crippen LogP contribution >= 0.6 is 15.9 Å². The van der Waals surface area contributed by atoms with Crippen molar-refractivity contribution in [3.8, 4) is 0 Å². The minimum absolute atomic E-state index is 0.223. The Bertz CT molecular complexity index is 291. The third-order valence-corrected chi connectivity index (χ3v) is 2.44. The quantitative estimate of drug-likeness (QED) is 0.876. The lowest BCUT2D eigenvalue weighted by Crippen LogP contribution is -2.11. The Hall–Kier alpha value is -0.480. The largest absolute Gasteiger partial charge is 0.324 e. The lowest BCUT2D eigenvalue weighted by atomic mass is 10.1. The van der Waals surface area contributed by atoms with Gasteiger partial charge in [-0.3, -0.25) is 4.39 Å². The van der Waals surface area contributed by atoms with Gasteiger partial charge in [-0.1, -0.05) is 6.07 Å². The van der Waals surface area contributed by atoms with Crippen LogP contribution in [0.5, 0.6) is 0 Å². The zero-order chi connectivity index (χ0) is 9.84. The molecule has 1 rings (SSSR count). The van der Waals surface area contributed by atoms with Crippen molar-refractivity contribution in [1.82, 2.24) is 0 Å². The number of rotatable bonds is 3. The van der Waals surface area contributed by atoms with Crippen LogP contribution in [0.25, 0.3) is 0 Å². The Balaban J connectivity index is 2.84. The van der Waals surface area contributed by atoms with Crippen molar-refractivity contribution in [2.24, 2.45) is 5.73 Å². The van der Waals surface area contributed by atoms with Gasteiger partial charge in [0.15, 0.2) is 0 Å². The highest BCUT2D eigenvalue weighted by Crippen LogP contribution is 2.21. The van der Waals surface area contributed by atoms with Crippen LogP contribution in [0.2, 0.25) is 0 Å². The zero-order valence-electron chi connectivity index (χ0n) is 6.93. The predicted octanol–water partition coefficient (Wildman–Crippen LogP) is 2.95. The molecular weight excluding hydrogens is 240 g/mol. The second-order valence-electron chi connectivity index (χ2n) is 2.76. The predicted molar refractivity (Wildman–Crippen MR) is 51.6 cm³/mol. The fourth-order valence-electron chi connectivity index (χ4n) is 1.03. The summed E-state index contributed by atoms with van der Waals surface area (Å²) in [4.78, 5) is 0. The average molecular weight is 250 g/mol. The van der Waals surface area contributed by atoms with E-state index >= 15 is 0 Å². The van der Waals surface area contributed by atoms with E-state index in [4.69, 9.17) is 5.73 Å². The van der Waals surface area contributed by atoms with Gasteiger partial charge in [-0.15, -0.1) is 0 Å². The Kier molecular flexibility index (Phi) is 3.81. The first-order chi connectivity index (χ1) is 6.15. The number of halogens is 3. The Morgan fingerprint density at radius 1 is 1.46 bits per heavy atom. The van der Waals surface area contributed by atoms with Crippen LogP contribution in [0.4, 0.5) is 8.78 Å². The molecule has 1 aromatic rings. The fourth-order valence-corrected chi connectivity index (χ4v) is 1.27. The third-order valence-electron chi connectivity index (χ3n) is 1.79.